The Morgan fingerprint density at radius 1 is 1.06 bits per heavy atom. The molecule has 0 amide bonds. The summed E-state index contributed by atoms with van der Waals surface area (Å²) in [5.74, 6) is 0. The number of aromatic nitrogens is 1. The molecule has 16 heavy (non-hydrogen) atoms. The number of hydrogen-bond donors (Lipinski definition) is 1. The second-order valence-corrected chi connectivity index (χ2v) is 3.97. The predicted molar refractivity (Wildman–Crippen MR) is 67.5 cm³/mol. The molecule has 0 saturated heterocycles. The van der Waals surface area contributed by atoms with Crippen molar-refractivity contribution in [2.24, 2.45) is 0 Å². The number of aryl methyl sites for hydroxylation is 2. The van der Waals surface area contributed by atoms with Gasteiger partial charge in [-0.3, -0.25) is 4.98 Å². The maximum atomic E-state index is 4.08. The number of benzene rings is 1. The fourth-order valence-electron chi connectivity index (χ4n) is 1.67. The van der Waals surface area contributed by atoms with Crippen molar-refractivity contribution < 1.29 is 0 Å². The van der Waals surface area contributed by atoms with E-state index in [1.165, 1.54) is 16.7 Å². The molecule has 1 aromatic heterocycles. The van der Waals surface area contributed by atoms with E-state index in [1.54, 1.807) is 0 Å². The largest absolute Gasteiger partial charge is 0.381 e. The quantitative estimate of drug-likeness (QED) is 0.844. The normalized spacial score (nSPS) is 10.1. The number of nitrogens with one attached hydrogen (secondary N) is 1. The summed E-state index contributed by atoms with van der Waals surface area (Å²) in [6, 6.07) is 10.4. The van der Waals surface area contributed by atoms with Crippen molar-refractivity contribution in [3.05, 3.63) is 59.4 Å². The zero-order valence-corrected chi connectivity index (χ0v) is 9.70. The van der Waals surface area contributed by atoms with Crippen LogP contribution in [0.3, 0.4) is 0 Å². The molecule has 82 valence electrons. The highest BCUT2D eigenvalue weighted by Gasteiger charge is 1.99. The number of hydrogen-bond acceptors (Lipinski definition) is 2. The fraction of sp³-hybridized carbons (Fsp3) is 0.214. The number of pyridine rings is 1. The van der Waals surface area contributed by atoms with Crippen LogP contribution in [0.2, 0.25) is 0 Å². The molecular formula is C14H16N2. The molecule has 2 heteroatoms. The van der Waals surface area contributed by atoms with E-state index in [0.29, 0.717) is 0 Å². The van der Waals surface area contributed by atoms with Crippen LogP contribution in [0.25, 0.3) is 0 Å². The number of anilines is 1. The Morgan fingerprint density at radius 3 is 2.62 bits per heavy atom. The molecule has 0 aliphatic heterocycles. The van der Waals surface area contributed by atoms with Crippen molar-refractivity contribution in [2.45, 2.75) is 20.4 Å². The van der Waals surface area contributed by atoms with Gasteiger partial charge in [0.1, 0.15) is 0 Å². The van der Waals surface area contributed by atoms with Crippen LogP contribution in [-0.4, -0.2) is 4.98 Å². The third kappa shape index (κ3) is 2.40. The van der Waals surface area contributed by atoms with Crippen LogP contribution in [0.15, 0.2) is 42.7 Å². The van der Waals surface area contributed by atoms with E-state index in [-0.39, 0.29) is 0 Å². The lowest BCUT2D eigenvalue weighted by Crippen LogP contribution is -2.02. The Labute approximate surface area is 96.4 Å². The van der Waals surface area contributed by atoms with Crippen molar-refractivity contribution in [2.75, 3.05) is 5.32 Å². The van der Waals surface area contributed by atoms with Gasteiger partial charge in [0.25, 0.3) is 0 Å². The molecule has 1 aromatic carbocycles. The summed E-state index contributed by atoms with van der Waals surface area (Å²) in [6.07, 6.45) is 3.69. The SMILES string of the molecule is Cc1ccccc1CNc1ccncc1C. The monoisotopic (exact) mass is 212 g/mol. The predicted octanol–water partition coefficient (Wildman–Crippen LogP) is 3.31. The average molecular weight is 212 g/mol. The van der Waals surface area contributed by atoms with Crippen molar-refractivity contribution in [1.29, 1.82) is 0 Å². The summed E-state index contributed by atoms with van der Waals surface area (Å²) in [5.41, 5.74) is 4.98. The molecule has 0 spiro atoms. The van der Waals surface area contributed by atoms with E-state index in [0.717, 1.165) is 12.2 Å². The smallest absolute Gasteiger partial charge is 0.0403 e. The second-order valence-electron chi connectivity index (χ2n) is 3.97. The van der Waals surface area contributed by atoms with Crippen molar-refractivity contribution >= 4 is 5.69 Å². The Kier molecular flexibility index (Phi) is 3.20. The van der Waals surface area contributed by atoms with Crippen molar-refractivity contribution in [3.8, 4) is 0 Å². The summed E-state index contributed by atoms with van der Waals surface area (Å²) >= 11 is 0. The van der Waals surface area contributed by atoms with Gasteiger partial charge in [-0.25, -0.2) is 0 Å². The maximum absolute atomic E-state index is 4.08. The van der Waals surface area contributed by atoms with E-state index in [9.17, 15) is 0 Å². The molecule has 2 nitrogen and oxygen atoms in total. The van der Waals surface area contributed by atoms with Gasteiger partial charge in [-0.1, -0.05) is 24.3 Å². The van der Waals surface area contributed by atoms with Crippen LogP contribution < -0.4 is 5.32 Å². The molecule has 1 heterocycles. The van der Waals surface area contributed by atoms with Crippen LogP contribution in [0, 0.1) is 13.8 Å². The lowest BCUT2D eigenvalue weighted by molar-refractivity contribution is 1.10. The van der Waals surface area contributed by atoms with E-state index >= 15 is 0 Å². The molecule has 0 unspecified atom stereocenters. The number of rotatable bonds is 3. The molecule has 0 atom stereocenters. The third-order valence-electron chi connectivity index (χ3n) is 2.75. The maximum Gasteiger partial charge on any atom is 0.0403 e. The zero-order valence-electron chi connectivity index (χ0n) is 9.70. The standard InChI is InChI=1S/C14H16N2/c1-11-5-3-4-6-13(11)10-16-14-7-8-15-9-12(14)2/h3-9H,10H2,1-2H3,(H,15,16). The molecular weight excluding hydrogens is 196 g/mol. The highest BCUT2D eigenvalue weighted by atomic mass is 14.9. The van der Waals surface area contributed by atoms with Gasteiger partial charge in [0, 0.05) is 24.6 Å². The van der Waals surface area contributed by atoms with Gasteiger partial charge >= 0.3 is 0 Å². The van der Waals surface area contributed by atoms with Crippen LogP contribution in [0.5, 0.6) is 0 Å². The fourth-order valence-corrected chi connectivity index (χ4v) is 1.67. The van der Waals surface area contributed by atoms with Gasteiger partial charge in [0.2, 0.25) is 0 Å². The first-order valence-electron chi connectivity index (χ1n) is 5.46. The lowest BCUT2D eigenvalue weighted by Gasteiger charge is -2.10. The van der Waals surface area contributed by atoms with Gasteiger partial charge in [0.15, 0.2) is 0 Å². The Balaban J connectivity index is 2.09. The van der Waals surface area contributed by atoms with Crippen molar-refractivity contribution in [1.82, 2.24) is 4.98 Å². The average Bonchev–Trinajstić information content (AvgIpc) is 2.30. The molecule has 0 fully saturated rings. The minimum atomic E-state index is 0.859. The molecule has 2 aromatic rings. The summed E-state index contributed by atoms with van der Waals surface area (Å²) in [7, 11) is 0. The molecule has 0 saturated carbocycles. The summed E-state index contributed by atoms with van der Waals surface area (Å²) in [6.45, 7) is 5.06. The highest BCUT2D eigenvalue weighted by molar-refractivity contribution is 5.49. The van der Waals surface area contributed by atoms with Crippen LogP contribution in [-0.2, 0) is 6.54 Å². The molecule has 0 aliphatic rings. The van der Waals surface area contributed by atoms with Crippen LogP contribution >= 0.6 is 0 Å². The molecule has 0 radical (unpaired) electrons. The minimum absolute atomic E-state index is 0.859. The molecule has 0 aliphatic carbocycles. The Hall–Kier alpha value is -1.83. The lowest BCUT2D eigenvalue weighted by atomic mass is 10.1. The first-order valence-corrected chi connectivity index (χ1v) is 5.46. The molecule has 1 N–H and O–H groups in total. The van der Waals surface area contributed by atoms with Gasteiger partial charge in [0.05, 0.1) is 0 Å². The summed E-state index contributed by atoms with van der Waals surface area (Å²) in [4.78, 5) is 4.08. The summed E-state index contributed by atoms with van der Waals surface area (Å²) < 4.78 is 0. The minimum Gasteiger partial charge on any atom is -0.381 e. The van der Waals surface area contributed by atoms with E-state index in [2.05, 4.69) is 48.4 Å². The van der Waals surface area contributed by atoms with Crippen LogP contribution in [0.1, 0.15) is 16.7 Å². The van der Waals surface area contributed by atoms with E-state index in [4.69, 9.17) is 0 Å². The third-order valence-corrected chi connectivity index (χ3v) is 2.75. The van der Waals surface area contributed by atoms with Gasteiger partial charge < -0.3 is 5.32 Å². The first kappa shape index (κ1) is 10.7. The van der Waals surface area contributed by atoms with Gasteiger partial charge in [-0.15, -0.1) is 0 Å². The second kappa shape index (κ2) is 4.79. The summed E-state index contributed by atoms with van der Waals surface area (Å²) in [5, 5.41) is 3.43. The zero-order chi connectivity index (χ0) is 11.4. The van der Waals surface area contributed by atoms with E-state index < -0.39 is 0 Å². The van der Waals surface area contributed by atoms with E-state index in [1.807, 2.05) is 18.5 Å². The first-order chi connectivity index (χ1) is 7.77. The Morgan fingerprint density at radius 2 is 1.88 bits per heavy atom. The molecule has 2 rings (SSSR count). The highest BCUT2D eigenvalue weighted by Crippen LogP contribution is 2.14. The molecule has 0 bridgehead atoms. The van der Waals surface area contributed by atoms with Crippen LogP contribution in [0.4, 0.5) is 5.69 Å². The van der Waals surface area contributed by atoms with Crippen molar-refractivity contribution in [3.63, 3.8) is 0 Å². The topological polar surface area (TPSA) is 24.9 Å². The Bertz CT molecular complexity index is 432. The van der Waals surface area contributed by atoms with Gasteiger partial charge in [-0.05, 0) is 36.6 Å². The van der Waals surface area contributed by atoms with Gasteiger partial charge in [-0.2, -0.15) is 0 Å². The number of nitrogens with zero attached hydrogens (tertiary/aromatic N) is 1.